The van der Waals surface area contributed by atoms with Crippen molar-refractivity contribution in [3.63, 3.8) is 0 Å². The lowest BCUT2D eigenvalue weighted by Crippen LogP contribution is -2.11. The molecule has 5 nitrogen and oxygen atoms in total. The van der Waals surface area contributed by atoms with Crippen LogP contribution in [0.25, 0.3) is 0 Å². The van der Waals surface area contributed by atoms with E-state index in [1.807, 2.05) is 6.92 Å². The molecule has 0 unspecified atom stereocenters. The van der Waals surface area contributed by atoms with Crippen LogP contribution in [0, 0.1) is 6.92 Å². The van der Waals surface area contributed by atoms with Crippen LogP contribution in [0.15, 0.2) is 6.07 Å². The third-order valence-electron chi connectivity index (χ3n) is 2.05. The average molecular weight is 259 g/mol. The molecule has 0 bridgehead atoms. The summed E-state index contributed by atoms with van der Waals surface area (Å²) in [6.45, 7) is 3.51. The monoisotopic (exact) mass is 259 g/mol. The maximum absolute atomic E-state index is 11.6. The van der Waals surface area contributed by atoms with Gasteiger partial charge in [0.15, 0.2) is 0 Å². The van der Waals surface area contributed by atoms with E-state index in [-0.39, 0.29) is 12.6 Å². The normalized spacial score (nSPS) is 10.5. The smallest absolute Gasteiger partial charge is 0.348 e. The Morgan fingerprint density at radius 1 is 1.35 bits per heavy atom. The van der Waals surface area contributed by atoms with Crippen molar-refractivity contribution >= 4 is 23.0 Å². The number of ether oxygens (including phenoxy) is 3. The molecule has 0 atom stereocenters. The van der Waals surface area contributed by atoms with Crippen LogP contribution >= 0.6 is 11.3 Å². The first kappa shape index (κ1) is 14.0. The highest BCUT2D eigenvalue weighted by Gasteiger charge is 2.11. The van der Waals surface area contributed by atoms with Crippen LogP contribution in [0.2, 0.25) is 0 Å². The quantitative estimate of drug-likeness (QED) is 0.593. The van der Waals surface area contributed by atoms with E-state index in [9.17, 15) is 4.79 Å². The molecule has 0 fully saturated rings. The topological polar surface area (TPSA) is 70.8 Å². The van der Waals surface area contributed by atoms with Gasteiger partial charge in [-0.15, -0.1) is 11.3 Å². The zero-order valence-corrected chi connectivity index (χ0v) is 10.8. The fraction of sp³-hybridized carbons (Fsp3) is 0.545. The second-order valence-corrected chi connectivity index (χ2v) is 4.62. The summed E-state index contributed by atoms with van der Waals surface area (Å²) in [4.78, 5) is 13.0. The number of nitrogen functional groups attached to an aromatic ring is 1. The molecule has 1 heterocycles. The molecule has 17 heavy (non-hydrogen) atoms. The summed E-state index contributed by atoms with van der Waals surface area (Å²) in [7, 11) is 1.60. The fourth-order valence-corrected chi connectivity index (χ4v) is 1.94. The van der Waals surface area contributed by atoms with Crippen LogP contribution in [0.1, 0.15) is 14.5 Å². The van der Waals surface area contributed by atoms with E-state index in [0.29, 0.717) is 30.4 Å². The minimum absolute atomic E-state index is 0.236. The van der Waals surface area contributed by atoms with Gasteiger partial charge in [0.25, 0.3) is 0 Å². The van der Waals surface area contributed by atoms with Crippen LogP contribution in [0.5, 0.6) is 0 Å². The number of nitrogens with two attached hydrogens (primary N) is 1. The van der Waals surface area contributed by atoms with E-state index in [4.69, 9.17) is 19.9 Å². The second kappa shape index (κ2) is 7.26. The van der Waals surface area contributed by atoms with E-state index < -0.39 is 0 Å². The highest BCUT2D eigenvalue weighted by molar-refractivity contribution is 7.14. The van der Waals surface area contributed by atoms with Gasteiger partial charge in [-0.3, -0.25) is 0 Å². The summed E-state index contributed by atoms with van der Waals surface area (Å²) in [5.74, 6) is -0.356. The van der Waals surface area contributed by atoms with Crippen LogP contribution in [-0.4, -0.2) is 39.5 Å². The molecular formula is C11H17NO4S. The molecule has 0 aliphatic rings. The lowest BCUT2D eigenvalue weighted by atomic mass is 10.4. The molecule has 0 aliphatic heterocycles. The summed E-state index contributed by atoms with van der Waals surface area (Å²) < 4.78 is 15.0. The summed E-state index contributed by atoms with van der Waals surface area (Å²) in [5.41, 5.74) is 6.28. The zero-order chi connectivity index (χ0) is 12.7. The van der Waals surface area contributed by atoms with Gasteiger partial charge in [0.1, 0.15) is 11.5 Å². The minimum atomic E-state index is -0.356. The van der Waals surface area contributed by atoms with Gasteiger partial charge in [-0.05, 0) is 13.0 Å². The van der Waals surface area contributed by atoms with Crippen LogP contribution in [0.4, 0.5) is 5.69 Å². The number of carbonyl (C=O) groups is 1. The molecule has 0 radical (unpaired) electrons. The lowest BCUT2D eigenvalue weighted by molar-refractivity contribution is 0.0217. The number of hydrogen-bond donors (Lipinski definition) is 1. The van der Waals surface area contributed by atoms with Crippen LogP contribution in [0.3, 0.4) is 0 Å². The van der Waals surface area contributed by atoms with Crippen LogP contribution in [-0.2, 0) is 14.2 Å². The van der Waals surface area contributed by atoms with Crippen molar-refractivity contribution in [1.82, 2.24) is 0 Å². The molecule has 96 valence electrons. The molecule has 0 saturated heterocycles. The number of rotatable bonds is 7. The highest BCUT2D eigenvalue weighted by Crippen LogP contribution is 2.23. The molecule has 0 aromatic carbocycles. The molecular weight excluding hydrogens is 242 g/mol. The van der Waals surface area contributed by atoms with Gasteiger partial charge in [-0.2, -0.15) is 0 Å². The standard InChI is InChI=1S/C11H17NO4S/c1-8-9(12)7-10(17-8)11(13)16-6-5-15-4-3-14-2/h7H,3-6,12H2,1-2H3. The van der Waals surface area contributed by atoms with Crippen molar-refractivity contribution < 1.29 is 19.0 Å². The summed E-state index contributed by atoms with van der Waals surface area (Å²) in [6, 6.07) is 1.63. The van der Waals surface area contributed by atoms with E-state index in [0.717, 1.165) is 4.88 Å². The third-order valence-corrected chi connectivity index (χ3v) is 3.10. The first-order valence-electron chi connectivity index (χ1n) is 5.25. The van der Waals surface area contributed by atoms with Gasteiger partial charge in [-0.25, -0.2) is 4.79 Å². The molecule has 1 rings (SSSR count). The number of anilines is 1. The van der Waals surface area contributed by atoms with Gasteiger partial charge < -0.3 is 19.9 Å². The number of esters is 1. The van der Waals surface area contributed by atoms with E-state index in [1.165, 1.54) is 11.3 Å². The predicted octanol–water partition coefficient (Wildman–Crippen LogP) is 1.46. The van der Waals surface area contributed by atoms with Gasteiger partial charge in [0, 0.05) is 17.7 Å². The molecule has 0 aliphatic carbocycles. The average Bonchev–Trinajstić information content (AvgIpc) is 2.64. The largest absolute Gasteiger partial charge is 0.459 e. The van der Waals surface area contributed by atoms with E-state index in [2.05, 4.69) is 0 Å². The molecule has 0 saturated carbocycles. The molecule has 6 heteroatoms. The molecule has 0 amide bonds. The van der Waals surface area contributed by atoms with Crippen molar-refractivity contribution in [3.05, 3.63) is 15.8 Å². The minimum Gasteiger partial charge on any atom is -0.459 e. The second-order valence-electron chi connectivity index (χ2n) is 3.36. The van der Waals surface area contributed by atoms with Crippen molar-refractivity contribution in [2.75, 3.05) is 39.3 Å². The maximum atomic E-state index is 11.6. The molecule has 2 N–H and O–H groups in total. The summed E-state index contributed by atoms with van der Waals surface area (Å²) in [5, 5.41) is 0. The highest BCUT2D eigenvalue weighted by atomic mass is 32.1. The molecule has 0 spiro atoms. The Hall–Kier alpha value is -1.11. The number of methoxy groups -OCH3 is 1. The van der Waals surface area contributed by atoms with Crippen molar-refractivity contribution in [3.8, 4) is 0 Å². The Balaban J connectivity index is 2.21. The Kier molecular flexibility index (Phi) is 5.96. The van der Waals surface area contributed by atoms with Gasteiger partial charge >= 0.3 is 5.97 Å². The van der Waals surface area contributed by atoms with E-state index >= 15 is 0 Å². The fourth-order valence-electron chi connectivity index (χ4n) is 1.11. The third kappa shape index (κ3) is 4.72. The SMILES string of the molecule is COCCOCCOC(=O)c1cc(N)c(C)s1. The number of aryl methyl sites for hydroxylation is 1. The number of carbonyl (C=O) groups excluding carboxylic acids is 1. The van der Waals surface area contributed by atoms with E-state index in [1.54, 1.807) is 13.2 Å². The summed E-state index contributed by atoms with van der Waals surface area (Å²) in [6.07, 6.45) is 0. The van der Waals surface area contributed by atoms with Gasteiger partial charge in [0.2, 0.25) is 0 Å². The van der Waals surface area contributed by atoms with Gasteiger partial charge in [0.05, 0.1) is 19.8 Å². The number of thiophene rings is 1. The van der Waals surface area contributed by atoms with Crippen molar-refractivity contribution in [1.29, 1.82) is 0 Å². The van der Waals surface area contributed by atoms with Crippen molar-refractivity contribution in [2.45, 2.75) is 6.92 Å². The lowest BCUT2D eigenvalue weighted by Gasteiger charge is -2.04. The number of hydrogen-bond acceptors (Lipinski definition) is 6. The summed E-state index contributed by atoms with van der Waals surface area (Å²) >= 11 is 1.33. The first-order valence-corrected chi connectivity index (χ1v) is 6.06. The Morgan fingerprint density at radius 2 is 2.06 bits per heavy atom. The zero-order valence-electron chi connectivity index (χ0n) is 10.0. The van der Waals surface area contributed by atoms with Gasteiger partial charge in [-0.1, -0.05) is 0 Å². The van der Waals surface area contributed by atoms with Crippen LogP contribution < -0.4 is 5.73 Å². The first-order chi connectivity index (χ1) is 8.15. The Labute approximate surface area is 104 Å². The maximum Gasteiger partial charge on any atom is 0.348 e. The Morgan fingerprint density at radius 3 is 2.65 bits per heavy atom. The Bertz CT molecular complexity index is 345. The van der Waals surface area contributed by atoms with Crippen molar-refractivity contribution in [2.24, 2.45) is 0 Å². The predicted molar refractivity (Wildman–Crippen MR) is 66.4 cm³/mol. The molecule has 1 aromatic heterocycles. The molecule has 1 aromatic rings.